The Morgan fingerprint density at radius 2 is 1.52 bits per heavy atom. The topological polar surface area (TPSA) is 190 Å². The molecule has 136 valence electrons. The van der Waals surface area contributed by atoms with Gasteiger partial charge in [-0.3, -0.25) is 0 Å². The van der Waals surface area contributed by atoms with Gasteiger partial charge in [0.05, 0.1) is 19.8 Å². The molecule has 23 heavy (non-hydrogen) atoms. The van der Waals surface area contributed by atoms with Crippen LogP contribution in [0.2, 0.25) is 0 Å². The van der Waals surface area contributed by atoms with Gasteiger partial charge < -0.3 is 55.1 Å². The lowest BCUT2D eigenvalue weighted by Crippen LogP contribution is -2.59. The van der Waals surface area contributed by atoms with Gasteiger partial charge in [-0.1, -0.05) is 0 Å². The molecular weight excluding hydrogens is 320 g/mol. The first-order valence-electron chi connectivity index (χ1n) is 7.04. The number of hydrogen-bond donors (Lipinski definition) is 8. The molecule has 0 amide bonds. The zero-order valence-corrected chi connectivity index (χ0v) is 12.0. The zero-order chi connectivity index (χ0) is 17.4. The largest absolute Gasteiger partial charge is 0.394 e. The van der Waals surface area contributed by atoms with Crippen molar-refractivity contribution in [2.45, 2.75) is 54.8 Å². The highest BCUT2D eigenvalue weighted by atomic mass is 16.7. The maximum atomic E-state index is 9.78. The van der Waals surface area contributed by atoms with E-state index in [1.165, 1.54) is 0 Å². The molecule has 8 N–H and O–H groups in total. The lowest BCUT2D eigenvalue weighted by atomic mass is 9.99. The molecule has 0 bridgehead atoms. The minimum absolute atomic E-state index is 0.469. The van der Waals surface area contributed by atoms with Gasteiger partial charge in [0.2, 0.25) is 5.79 Å². The first-order chi connectivity index (χ1) is 10.7. The predicted molar refractivity (Wildman–Crippen MR) is 68.6 cm³/mol. The van der Waals surface area contributed by atoms with Crippen LogP contribution in [-0.4, -0.2) is 115 Å². The molecule has 11 heteroatoms. The summed E-state index contributed by atoms with van der Waals surface area (Å²) in [6.45, 7) is -2.05. The highest BCUT2D eigenvalue weighted by Gasteiger charge is 2.53. The third kappa shape index (κ3) is 3.50. The Morgan fingerprint density at radius 3 is 2.04 bits per heavy atom. The van der Waals surface area contributed by atoms with Crippen LogP contribution >= 0.6 is 0 Å². The van der Waals surface area contributed by atoms with E-state index in [4.69, 9.17) is 24.4 Å². The lowest BCUT2D eigenvalue weighted by molar-refractivity contribution is -0.310. The number of aliphatic hydroxyl groups is 8. The standard InChI is InChI=1S/C12H22O11/c13-1-4-6(15)8(17)9(18)11(22-4)21-2-5-7(16)10(19)12(20,3-14)23-5/h4-11,13-20H,1-3H2/t4?,5-,6-,7+,8-,9?,10?,11+,12-/m1/s1. The highest BCUT2D eigenvalue weighted by molar-refractivity contribution is 4.95. The Kier molecular flexibility index (Phi) is 5.92. The van der Waals surface area contributed by atoms with Crippen LogP contribution in [0.15, 0.2) is 0 Å². The second kappa shape index (κ2) is 7.21. The van der Waals surface area contributed by atoms with Crippen molar-refractivity contribution in [1.82, 2.24) is 0 Å². The van der Waals surface area contributed by atoms with Crippen molar-refractivity contribution in [1.29, 1.82) is 0 Å². The van der Waals surface area contributed by atoms with Crippen molar-refractivity contribution < 1.29 is 55.1 Å². The zero-order valence-electron chi connectivity index (χ0n) is 12.0. The maximum Gasteiger partial charge on any atom is 0.219 e. The van der Waals surface area contributed by atoms with E-state index in [1.54, 1.807) is 0 Å². The van der Waals surface area contributed by atoms with Crippen LogP contribution in [0.25, 0.3) is 0 Å². The normalized spacial score (nSPS) is 51.1. The van der Waals surface area contributed by atoms with Crippen molar-refractivity contribution in [3.63, 3.8) is 0 Å². The summed E-state index contributed by atoms with van der Waals surface area (Å²) in [5.74, 6) is -2.34. The lowest BCUT2D eigenvalue weighted by Gasteiger charge is -2.39. The molecule has 0 aromatic heterocycles. The van der Waals surface area contributed by atoms with E-state index in [2.05, 4.69) is 0 Å². The second-order valence-corrected chi connectivity index (χ2v) is 5.63. The van der Waals surface area contributed by atoms with E-state index >= 15 is 0 Å². The van der Waals surface area contributed by atoms with E-state index in [0.717, 1.165) is 0 Å². The molecule has 0 radical (unpaired) electrons. The summed E-state index contributed by atoms with van der Waals surface area (Å²) >= 11 is 0. The summed E-state index contributed by atoms with van der Waals surface area (Å²) in [4.78, 5) is 0. The number of aliphatic hydroxyl groups excluding tert-OH is 7. The molecule has 2 aliphatic rings. The van der Waals surface area contributed by atoms with E-state index in [1.807, 2.05) is 0 Å². The molecule has 2 aliphatic heterocycles. The van der Waals surface area contributed by atoms with Crippen LogP contribution in [-0.2, 0) is 14.2 Å². The van der Waals surface area contributed by atoms with Gasteiger partial charge in [-0.2, -0.15) is 0 Å². The predicted octanol–water partition coefficient (Wildman–Crippen LogP) is -5.40. The molecule has 2 heterocycles. The Morgan fingerprint density at radius 1 is 0.870 bits per heavy atom. The van der Waals surface area contributed by atoms with E-state index < -0.39 is 74.6 Å². The average molecular weight is 342 g/mol. The minimum Gasteiger partial charge on any atom is -0.394 e. The van der Waals surface area contributed by atoms with Gasteiger partial charge >= 0.3 is 0 Å². The third-order valence-electron chi connectivity index (χ3n) is 4.02. The smallest absolute Gasteiger partial charge is 0.219 e. The minimum atomic E-state index is -2.34. The summed E-state index contributed by atoms with van der Waals surface area (Å²) in [6.07, 6.45) is -12.0. The summed E-state index contributed by atoms with van der Waals surface area (Å²) in [7, 11) is 0. The molecule has 0 aromatic carbocycles. The molecule has 0 aromatic rings. The molecule has 9 atom stereocenters. The molecular formula is C12H22O11. The molecule has 11 nitrogen and oxygen atoms in total. The Hall–Kier alpha value is -0.440. The second-order valence-electron chi connectivity index (χ2n) is 5.63. The van der Waals surface area contributed by atoms with E-state index in [0.29, 0.717) is 0 Å². The van der Waals surface area contributed by atoms with Crippen molar-refractivity contribution in [2.75, 3.05) is 19.8 Å². The quantitative estimate of drug-likeness (QED) is 0.238. The molecule has 2 saturated heterocycles. The monoisotopic (exact) mass is 342 g/mol. The van der Waals surface area contributed by atoms with Crippen molar-refractivity contribution in [3.8, 4) is 0 Å². The average Bonchev–Trinajstić information content (AvgIpc) is 2.77. The number of hydrogen-bond acceptors (Lipinski definition) is 11. The Balaban J connectivity index is 1.95. The molecule has 0 aliphatic carbocycles. The van der Waals surface area contributed by atoms with Crippen molar-refractivity contribution in [3.05, 3.63) is 0 Å². The molecule has 2 rings (SSSR count). The van der Waals surface area contributed by atoms with Crippen LogP contribution < -0.4 is 0 Å². The van der Waals surface area contributed by atoms with E-state index in [9.17, 15) is 30.6 Å². The van der Waals surface area contributed by atoms with Gasteiger partial charge in [0.1, 0.15) is 42.7 Å². The number of rotatable bonds is 5. The van der Waals surface area contributed by atoms with Gasteiger partial charge in [0.15, 0.2) is 6.29 Å². The summed E-state index contributed by atoms with van der Waals surface area (Å²) < 4.78 is 15.2. The third-order valence-corrected chi connectivity index (χ3v) is 4.02. The SMILES string of the molecule is OCC1O[C@H](OC[C@H]2O[C@](O)(CO)C(O)[C@H]2O)C(O)[C@H](O)[C@@H]1O. The number of ether oxygens (including phenoxy) is 3. The first-order valence-corrected chi connectivity index (χ1v) is 7.04. The Labute approximate surface area is 130 Å². The van der Waals surface area contributed by atoms with Gasteiger partial charge in [0, 0.05) is 0 Å². The van der Waals surface area contributed by atoms with E-state index in [-0.39, 0.29) is 0 Å². The molecule has 0 spiro atoms. The van der Waals surface area contributed by atoms with Crippen LogP contribution in [0.4, 0.5) is 0 Å². The van der Waals surface area contributed by atoms with Crippen LogP contribution in [0.3, 0.4) is 0 Å². The summed E-state index contributed by atoms with van der Waals surface area (Å²) in [5, 5.41) is 76.1. The molecule has 0 saturated carbocycles. The molecule has 2 fully saturated rings. The van der Waals surface area contributed by atoms with Gasteiger partial charge in [-0.25, -0.2) is 0 Å². The van der Waals surface area contributed by atoms with Crippen molar-refractivity contribution in [2.24, 2.45) is 0 Å². The van der Waals surface area contributed by atoms with Gasteiger partial charge in [-0.15, -0.1) is 0 Å². The van der Waals surface area contributed by atoms with Crippen molar-refractivity contribution >= 4 is 0 Å². The first kappa shape index (κ1) is 18.9. The van der Waals surface area contributed by atoms with Crippen LogP contribution in [0, 0.1) is 0 Å². The van der Waals surface area contributed by atoms with Gasteiger partial charge in [0.25, 0.3) is 0 Å². The van der Waals surface area contributed by atoms with Crippen LogP contribution in [0.5, 0.6) is 0 Å². The summed E-state index contributed by atoms with van der Waals surface area (Å²) in [5.41, 5.74) is 0. The fraction of sp³-hybridized carbons (Fsp3) is 1.00. The molecule has 3 unspecified atom stereocenters. The maximum absolute atomic E-state index is 9.78. The highest BCUT2D eigenvalue weighted by Crippen LogP contribution is 2.30. The fourth-order valence-electron chi connectivity index (χ4n) is 2.53. The summed E-state index contributed by atoms with van der Waals surface area (Å²) in [6, 6.07) is 0. The van der Waals surface area contributed by atoms with Gasteiger partial charge in [-0.05, 0) is 0 Å². The van der Waals surface area contributed by atoms with Crippen LogP contribution in [0.1, 0.15) is 0 Å². The Bertz CT molecular complexity index is 393. The fourth-order valence-corrected chi connectivity index (χ4v) is 2.53.